The maximum absolute atomic E-state index is 13.0. The Morgan fingerprint density at radius 3 is 2.38 bits per heavy atom. The lowest BCUT2D eigenvalue weighted by Crippen LogP contribution is -2.64. The normalized spacial score (nSPS) is 30.3. The van der Waals surface area contributed by atoms with Crippen LogP contribution in [0.5, 0.6) is 0 Å². The molecule has 3 rings (SSSR count). The van der Waals surface area contributed by atoms with Gasteiger partial charge in [-0.2, -0.15) is 0 Å². The molecule has 0 aromatic heterocycles. The van der Waals surface area contributed by atoms with Crippen molar-refractivity contribution in [1.82, 2.24) is 4.90 Å². The summed E-state index contributed by atoms with van der Waals surface area (Å²) in [5.74, 6) is -1.67. The molecule has 0 spiro atoms. The van der Waals surface area contributed by atoms with Gasteiger partial charge in [-0.3, -0.25) is 4.79 Å². The minimum absolute atomic E-state index is 0.0596. The molecule has 2 fully saturated rings. The van der Waals surface area contributed by atoms with Gasteiger partial charge in [-0.25, -0.2) is 9.59 Å². The predicted molar refractivity (Wildman–Crippen MR) is 99.2 cm³/mol. The molecule has 162 valence electrons. The zero-order valence-electron chi connectivity index (χ0n) is 17.4. The van der Waals surface area contributed by atoms with Gasteiger partial charge < -0.3 is 29.0 Å². The first-order valence-corrected chi connectivity index (χ1v) is 10.0. The van der Waals surface area contributed by atoms with Gasteiger partial charge in [-0.1, -0.05) is 0 Å². The van der Waals surface area contributed by atoms with Gasteiger partial charge in [-0.15, -0.1) is 0 Å². The summed E-state index contributed by atoms with van der Waals surface area (Å²) >= 11 is 0. The Hall–Kier alpha value is -2.13. The van der Waals surface area contributed by atoms with E-state index in [0.29, 0.717) is 0 Å². The van der Waals surface area contributed by atoms with Gasteiger partial charge in [0.05, 0.1) is 30.3 Å². The molecule has 29 heavy (non-hydrogen) atoms. The average molecular weight is 411 g/mol. The summed E-state index contributed by atoms with van der Waals surface area (Å²) in [4.78, 5) is 38.7. The molecular formula is C20H29NO8. The minimum atomic E-state index is -1.19. The minimum Gasteiger partial charge on any atom is -0.431 e. The molecule has 1 saturated heterocycles. The van der Waals surface area contributed by atoms with Gasteiger partial charge in [0.15, 0.2) is 0 Å². The van der Waals surface area contributed by atoms with Crippen molar-refractivity contribution in [3.05, 3.63) is 11.3 Å². The molecule has 9 heteroatoms. The van der Waals surface area contributed by atoms with Gasteiger partial charge in [0.2, 0.25) is 12.2 Å². The summed E-state index contributed by atoms with van der Waals surface area (Å²) in [6.07, 6.45) is -1.17. The summed E-state index contributed by atoms with van der Waals surface area (Å²) in [6, 6.07) is -0.278. The van der Waals surface area contributed by atoms with E-state index in [-0.39, 0.29) is 35.8 Å². The summed E-state index contributed by atoms with van der Waals surface area (Å²) in [5.41, 5.74) is 0.892. The zero-order valence-corrected chi connectivity index (χ0v) is 17.4. The standard InChI is InChI=1S/C20H29NO8/c1-9(2)27-20(25)29-11(4)28-19(24)17-15-12(7-6-8-13(15)26-5)16-14(10(3)22)18(23)21(16)17/h9-14,16,22H,6-8H2,1-5H3/t10?,11?,12-,13-,14+,16+/m0/s1. The van der Waals surface area contributed by atoms with E-state index < -0.39 is 30.4 Å². The number of β-lactam (4-membered cyclic amide) rings is 1. The maximum atomic E-state index is 13.0. The van der Waals surface area contributed by atoms with Crippen LogP contribution in [0.25, 0.3) is 0 Å². The van der Waals surface area contributed by atoms with E-state index >= 15 is 0 Å². The summed E-state index contributed by atoms with van der Waals surface area (Å²) in [5, 5.41) is 10.1. The number of amides is 1. The number of esters is 1. The highest BCUT2D eigenvalue weighted by atomic mass is 16.8. The Bertz CT molecular complexity index is 715. The zero-order chi connectivity index (χ0) is 21.5. The highest BCUT2D eigenvalue weighted by Crippen LogP contribution is 2.52. The van der Waals surface area contributed by atoms with E-state index in [2.05, 4.69) is 0 Å². The van der Waals surface area contributed by atoms with Crippen molar-refractivity contribution in [2.24, 2.45) is 11.8 Å². The molecular weight excluding hydrogens is 382 g/mol. The molecule has 1 saturated carbocycles. The van der Waals surface area contributed by atoms with E-state index in [0.717, 1.165) is 24.8 Å². The van der Waals surface area contributed by atoms with E-state index in [1.165, 1.54) is 11.8 Å². The van der Waals surface area contributed by atoms with E-state index in [1.807, 2.05) is 0 Å². The van der Waals surface area contributed by atoms with Crippen LogP contribution >= 0.6 is 0 Å². The number of methoxy groups -OCH3 is 1. The molecule has 2 unspecified atom stereocenters. The number of aliphatic hydroxyl groups is 1. The molecule has 3 aliphatic rings. The fourth-order valence-corrected chi connectivity index (χ4v) is 4.66. The molecule has 1 aliphatic carbocycles. The van der Waals surface area contributed by atoms with Crippen LogP contribution in [0.4, 0.5) is 4.79 Å². The molecule has 1 amide bonds. The number of carbonyl (C=O) groups is 3. The molecule has 0 aromatic rings. The molecule has 0 bridgehead atoms. The monoisotopic (exact) mass is 411 g/mol. The first-order valence-electron chi connectivity index (χ1n) is 10.0. The van der Waals surface area contributed by atoms with Crippen LogP contribution in [0.3, 0.4) is 0 Å². The van der Waals surface area contributed by atoms with E-state index in [1.54, 1.807) is 27.9 Å². The number of aliphatic hydroxyl groups excluding tert-OH is 1. The van der Waals surface area contributed by atoms with Gasteiger partial charge in [0.25, 0.3) is 0 Å². The SMILES string of the molecule is CO[C@H]1CCC[C@H]2C1=C(C(=O)OC(C)OC(=O)OC(C)C)N1C(=O)[C@H](C(C)O)[C@@H]21. The number of nitrogens with zero attached hydrogens (tertiary/aromatic N) is 1. The Balaban J connectivity index is 1.82. The van der Waals surface area contributed by atoms with Crippen molar-refractivity contribution in [3.63, 3.8) is 0 Å². The Kier molecular flexibility index (Phi) is 6.19. The van der Waals surface area contributed by atoms with Crippen LogP contribution in [0.2, 0.25) is 0 Å². The first-order chi connectivity index (χ1) is 13.7. The summed E-state index contributed by atoms with van der Waals surface area (Å²) in [6.45, 7) is 6.33. The quantitative estimate of drug-likeness (QED) is 0.400. The largest absolute Gasteiger partial charge is 0.511 e. The van der Waals surface area contributed by atoms with E-state index in [4.69, 9.17) is 18.9 Å². The Labute approximate surface area is 169 Å². The number of ether oxygens (including phenoxy) is 4. The van der Waals surface area contributed by atoms with Gasteiger partial charge >= 0.3 is 12.1 Å². The fraction of sp³-hybridized carbons (Fsp3) is 0.750. The Morgan fingerprint density at radius 1 is 1.10 bits per heavy atom. The smallest absolute Gasteiger partial charge is 0.431 e. The number of carbonyl (C=O) groups excluding carboxylic acids is 3. The molecule has 0 radical (unpaired) electrons. The molecule has 2 aliphatic heterocycles. The van der Waals surface area contributed by atoms with Crippen molar-refractivity contribution >= 4 is 18.0 Å². The second kappa shape index (κ2) is 8.31. The van der Waals surface area contributed by atoms with Crippen LogP contribution in [-0.4, -0.2) is 65.8 Å². The van der Waals surface area contributed by atoms with Gasteiger partial charge in [-0.05, 0) is 45.6 Å². The number of fused-ring (bicyclic) bond motifs is 3. The fourth-order valence-electron chi connectivity index (χ4n) is 4.66. The van der Waals surface area contributed by atoms with Crippen LogP contribution < -0.4 is 0 Å². The van der Waals surface area contributed by atoms with Crippen molar-refractivity contribution in [2.45, 2.75) is 77.6 Å². The van der Waals surface area contributed by atoms with Crippen LogP contribution in [0, 0.1) is 11.8 Å². The highest BCUT2D eigenvalue weighted by Gasteiger charge is 2.62. The third-order valence-corrected chi connectivity index (χ3v) is 5.71. The molecule has 2 heterocycles. The van der Waals surface area contributed by atoms with Crippen molar-refractivity contribution in [1.29, 1.82) is 0 Å². The summed E-state index contributed by atoms with van der Waals surface area (Å²) in [7, 11) is 1.57. The van der Waals surface area contributed by atoms with Crippen LogP contribution in [0.15, 0.2) is 11.3 Å². The topological polar surface area (TPSA) is 112 Å². The number of hydrogen-bond acceptors (Lipinski definition) is 8. The third-order valence-electron chi connectivity index (χ3n) is 5.71. The van der Waals surface area contributed by atoms with Crippen molar-refractivity contribution < 1.29 is 38.4 Å². The lowest BCUT2D eigenvalue weighted by atomic mass is 9.72. The second-order valence-corrected chi connectivity index (χ2v) is 8.04. The number of rotatable bonds is 6. The molecule has 6 atom stereocenters. The predicted octanol–water partition coefficient (Wildman–Crippen LogP) is 1.73. The lowest BCUT2D eigenvalue weighted by molar-refractivity contribution is -0.174. The maximum Gasteiger partial charge on any atom is 0.511 e. The summed E-state index contributed by atoms with van der Waals surface area (Å²) < 4.78 is 20.7. The van der Waals surface area contributed by atoms with Crippen molar-refractivity contribution in [2.75, 3.05) is 7.11 Å². The van der Waals surface area contributed by atoms with Crippen LogP contribution in [-0.2, 0) is 28.5 Å². The van der Waals surface area contributed by atoms with Gasteiger partial charge in [0.1, 0.15) is 5.70 Å². The second-order valence-electron chi connectivity index (χ2n) is 8.04. The molecule has 9 nitrogen and oxygen atoms in total. The highest BCUT2D eigenvalue weighted by molar-refractivity contribution is 6.01. The average Bonchev–Trinajstić information content (AvgIpc) is 2.91. The number of hydrogen-bond donors (Lipinski definition) is 1. The third kappa shape index (κ3) is 3.85. The Morgan fingerprint density at radius 2 is 1.79 bits per heavy atom. The molecule has 0 aromatic carbocycles. The van der Waals surface area contributed by atoms with Crippen molar-refractivity contribution in [3.8, 4) is 0 Å². The van der Waals surface area contributed by atoms with E-state index in [9.17, 15) is 19.5 Å². The lowest BCUT2D eigenvalue weighted by Gasteiger charge is -2.47. The molecule has 1 N–H and O–H groups in total. The van der Waals surface area contributed by atoms with Crippen LogP contribution in [0.1, 0.15) is 47.0 Å². The first kappa shape index (κ1) is 21.6. The van der Waals surface area contributed by atoms with Gasteiger partial charge in [0, 0.05) is 20.0 Å².